The molecule has 1 N–H and O–H groups in total. The molecule has 86 valence electrons. The number of hydrogen-bond donors (Lipinski definition) is 1. The number of amides is 1. The first-order valence-corrected chi connectivity index (χ1v) is 5.77. The van der Waals surface area contributed by atoms with E-state index in [4.69, 9.17) is 0 Å². The van der Waals surface area contributed by atoms with Gasteiger partial charge < -0.3 is 5.32 Å². The summed E-state index contributed by atoms with van der Waals surface area (Å²) < 4.78 is 0. The third kappa shape index (κ3) is 3.30. The molecule has 0 atom stereocenters. The van der Waals surface area contributed by atoms with Crippen LogP contribution in [0, 0.1) is 17.0 Å². The topological polar surface area (TPSA) is 72.2 Å². The summed E-state index contributed by atoms with van der Waals surface area (Å²) in [4.78, 5) is 21.5. The van der Waals surface area contributed by atoms with E-state index in [-0.39, 0.29) is 23.7 Å². The highest BCUT2D eigenvalue weighted by atomic mass is 79.9. The highest BCUT2D eigenvalue weighted by Crippen LogP contribution is 2.25. The highest BCUT2D eigenvalue weighted by Gasteiger charge is 2.15. The van der Waals surface area contributed by atoms with Gasteiger partial charge in [-0.1, -0.05) is 22.0 Å². The standard InChI is InChI=1S/C10H11BrN2O3/c1-7-2-3-9(13(15)16)8(6-7)12-10(14)4-5-11/h2-3,6H,4-5H2,1H3,(H,12,14). The van der Waals surface area contributed by atoms with Gasteiger partial charge in [-0.05, 0) is 18.6 Å². The normalized spacial score (nSPS) is 9.88. The molecule has 0 fully saturated rings. The van der Waals surface area contributed by atoms with Crippen LogP contribution in [0.4, 0.5) is 11.4 Å². The number of rotatable bonds is 4. The summed E-state index contributed by atoms with van der Waals surface area (Å²) in [5.41, 5.74) is 1.02. The molecule has 6 heteroatoms. The third-order valence-electron chi connectivity index (χ3n) is 1.94. The predicted molar refractivity (Wildman–Crippen MR) is 64.9 cm³/mol. The van der Waals surface area contributed by atoms with Crippen LogP contribution in [0.1, 0.15) is 12.0 Å². The maximum absolute atomic E-state index is 11.3. The summed E-state index contributed by atoms with van der Waals surface area (Å²) in [5.74, 6) is -0.245. The summed E-state index contributed by atoms with van der Waals surface area (Å²) in [6, 6.07) is 4.61. The smallest absolute Gasteiger partial charge is 0.292 e. The zero-order valence-corrected chi connectivity index (χ0v) is 10.3. The number of hydrogen-bond acceptors (Lipinski definition) is 3. The molecule has 0 saturated heterocycles. The third-order valence-corrected chi connectivity index (χ3v) is 2.34. The Balaban J connectivity index is 2.96. The van der Waals surface area contributed by atoms with Crippen molar-refractivity contribution in [1.29, 1.82) is 0 Å². The number of anilines is 1. The Labute approximate surface area is 101 Å². The van der Waals surface area contributed by atoms with Crippen molar-refractivity contribution in [3.05, 3.63) is 33.9 Å². The molecular formula is C10H11BrN2O3. The van der Waals surface area contributed by atoms with Crippen molar-refractivity contribution >= 4 is 33.2 Å². The molecule has 0 aliphatic rings. The van der Waals surface area contributed by atoms with Crippen LogP contribution in [0.15, 0.2) is 18.2 Å². The molecule has 0 aromatic heterocycles. The molecule has 0 heterocycles. The summed E-state index contributed by atoms with van der Waals surface area (Å²) in [7, 11) is 0. The Morgan fingerprint density at radius 2 is 2.25 bits per heavy atom. The zero-order chi connectivity index (χ0) is 12.1. The number of nitro benzene ring substituents is 1. The SMILES string of the molecule is Cc1ccc([N+](=O)[O-])c(NC(=O)CCBr)c1. The fourth-order valence-electron chi connectivity index (χ4n) is 1.21. The molecular weight excluding hydrogens is 276 g/mol. The summed E-state index contributed by atoms with van der Waals surface area (Å²) in [6.07, 6.45) is 0.283. The molecule has 0 aliphatic heterocycles. The largest absolute Gasteiger partial charge is 0.320 e. The number of halogens is 1. The van der Waals surface area contributed by atoms with Crippen molar-refractivity contribution < 1.29 is 9.72 Å². The van der Waals surface area contributed by atoms with Crippen molar-refractivity contribution in [2.24, 2.45) is 0 Å². The van der Waals surface area contributed by atoms with Crippen LogP contribution in [0.25, 0.3) is 0 Å². The number of benzene rings is 1. The van der Waals surface area contributed by atoms with E-state index in [9.17, 15) is 14.9 Å². The van der Waals surface area contributed by atoms with Crippen molar-refractivity contribution in [2.75, 3.05) is 10.6 Å². The van der Waals surface area contributed by atoms with Gasteiger partial charge in [-0.25, -0.2) is 0 Å². The van der Waals surface area contributed by atoms with Crippen LogP contribution < -0.4 is 5.32 Å². The van der Waals surface area contributed by atoms with Crippen molar-refractivity contribution in [1.82, 2.24) is 0 Å². The molecule has 0 unspecified atom stereocenters. The van der Waals surface area contributed by atoms with Gasteiger partial charge in [0.25, 0.3) is 5.69 Å². The average molecular weight is 287 g/mol. The van der Waals surface area contributed by atoms with E-state index < -0.39 is 4.92 Å². The minimum Gasteiger partial charge on any atom is -0.320 e. The van der Waals surface area contributed by atoms with Gasteiger partial charge in [-0.2, -0.15) is 0 Å². The molecule has 1 aromatic rings. The molecule has 1 aromatic carbocycles. The second-order valence-corrected chi connectivity index (χ2v) is 4.06. The minimum absolute atomic E-state index is 0.0893. The Kier molecular flexibility index (Phi) is 4.42. The van der Waals surface area contributed by atoms with Crippen LogP contribution in [0.2, 0.25) is 0 Å². The summed E-state index contributed by atoms with van der Waals surface area (Å²) in [5, 5.41) is 13.8. The van der Waals surface area contributed by atoms with E-state index in [1.165, 1.54) is 6.07 Å². The average Bonchev–Trinajstić information content (AvgIpc) is 2.17. The van der Waals surface area contributed by atoms with E-state index in [2.05, 4.69) is 21.2 Å². The number of carbonyl (C=O) groups excluding carboxylic acids is 1. The van der Waals surface area contributed by atoms with Crippen molar-refractivity contribution in [3.63, 3.8) is 0 Å². The highest BCUT2D eigenvalue weighted by molar-refractivity contribution is 9.09. The van der Waals surface area contributed by atoms with Gasteiger partial charge in [0.1, 0.15) is 5.69 Å². The number of nitrogens with zero attached hydrogens (tertiary/aromatic N) is 1. The quantitative estimate of drug-likeness (QED) is 0.525. The Bertz CT molecular complexity index is 421. The molecule has 0 spiro atoms. The van der Waals surface area contributed by atoms with E-state index in [1.54, 1.807) is 12.1 Å². The van der Waals surface area contributed by atoms with Crippen molar-refractivity contribution in [3.8, 4) is 0 Å². The molecule has 16 heavy (non-hydrogen) atoms. The van der Waals surface area contributed by atoms with Crippen molar-refractivity contribution in [2.45, 2.75) is 13.3 Å². The van der Waals surface area contributed by atoms with E-state index in [0.29, 0.717) is 5.33 Å². The fourth-order valence-corrected chi connectivity index (χ4v) is 1.57. The van der Waals surface area contributed by atoms with Gasteiger partial charge in [-0.15, -0.1) is 0 Å². The maximum Gasteiger partial charge on any atom is 0.292 e. The van der Waals surface area contributed by atoms with Gasteiger partial charge >= 0.3 is 0 Å². The minimum atomic E-state index is -0.511. The Morgan fingerprint density at radius 3 is 2.81 bits per heavy atom. The molecule has 1 rings (SSSR count). The number of carbonyl (C=O) groups is 1. The van der Waals surface area contributed by atoms with Gasteiger partial charge in [0, 0.05) is 17.8 Å². The lowest BCUT2D eigenvalue weighted by molar-refractivity contribution is -0.383. The van der Waals surface area contributed by atoms with E-state index in [1.807, 2.05) is 6.92 Å². The first kappa shape index (κ1) is 12.6. The fraction of sp³-hybridized carbons (Fsp3) is 0.300. The Morgan fingerprint density at radius 1 is 1.56 bits per heavy atom. The van der Waals surface area contributed by atoms with E-state index >= 15 is 0 Å². The van der Waals surface area contributed by atoms with Crippen LogP contribution in [-0.4, -0.2) is 16.2 Å². The van der Waals surface area contributed by atoms with Crippen LogP contribution in [-0.2, 0) is 4.79 Å². The van der Waals surface area contributed by atoms with E-state index in [0.717, 1.165) is 5.56 Å². The molecule has 0 aliphatic carbocycles. The monoisotopic (exact) mass is 286 g/mol. The summed E-state index contributed by atoms with van der Waals surface area (Å²) >= 11 is 3.13. The van der Waals surface area contributed by atoms with Gasteiger partial charge in [-0.3, -0.25) is 14.9 Å². The van der Waals surface area contributed by atoms with Crippen LogP contribution >= 0.6 is 15.9 Å². The summed E-state index contributed by atoms with van der Waals surface area (Å²) in [6.45, 7) is 1.81. The lowest BCUT2D eigenvalue weighted by Gasteiger charge is -2.05. The number of aryl methyl sites for hydroxylation is 1. The molecule has 0 bridgehead atoms. The van der Waals surface area contributed by atoms with Crippen LogP contribution in [0.5, 0.6) is 0 Å². The predicted octanol–water partition coefficient (Wildman–Crippen LogP) is 2.63. The second-order valence-electron chi connectivity index (χ2n) is 3.26. The molecule has 0 radical (unpaired) electrons. The lowest BCUT2D eigenvalue weighted by Crippen LogP contribution is -2.13. The maximum atomic E-state index is 11.3. The van der Waals surface area contributed by atoms with Gasteiger partial charge in [0.05, 0.1) is 4.92 Å². The zero-order valence-electron chi connectivity index (χ0n) is 8.70. The second kappa shape index (κ2) is 5.60. The first-order chi connectivity index (χ1) is 7.54. The lowest BCUT2D eigenvalue weighted by atomic mass is 10.2. The Hall–Kier alpha value is -1.43. The number of alkyl halides is 1. The molecule has 5 nitrogen and oxygen atoms in total. The molecule has 0 saturated carbocycles. The number of nitrogens with one attached hydrogen (secondary N) is 1. The van der Waals surface area contributed by atoms with Crippen LogP contribution in [0.3, 0.4) is 0 Å². The van der Waals surface area contributed by atoms with Gasteiger partial charge in [0.15, 0.2) is 0 Å². The number of nitro groups is 1. The van der Waals surface area contributed by atoms with Gasteiger partial charge in [0.2, 0.25) is 5.91 Å². The first-order valence-electron chi connectivity index (χ1n) is 4.65. The molecule has 1 amide bonds.